The summed E-state index contributed by atoms with van der Waals surface area (Å²) < 4.78 is 0. The summed E-state index contributed by atoms with van der Waals surface area (Å²) in [7, 11) is 0. The fraction of sp³-hybridized carbons (Fsp3) is 0.211. The zero-order valence-corrected chi connectivity index (χ0v) is 14.5. The minimum absolute atomic E-state index is 0.206. The molecule has 2 aromatic carbocycles. The van der Waals surface area contributed by atoms with Crippen molar-refractivity contribution in [3.05, 3.63) is 59.2 Å². The number of rotatable bonds is 4. The molecular formula is C19H21N3O3. The molecule has 0 bridgehead atoms. The molecule has 0 spiro atoms. The lowest BCUT2D eigenvalue weighted by Crippen LogP contribution is -2.35. The molecule has 0 unspecified atom stereocenters. The number of aryl methyl sites for hydroxylation is 1. The number of hydrogen-bond donors (Lipinski definition) is 3. The molecule has 130 valence electrons. The third-order valence-electron chi connectivity index (χ3n) is 3.63. The summed E-state index contributed by atoms with van der Waals surface area (Å²) in [6.45, 7) is 5.40. The molecular weight excluding hydrogens is 318 g/mol. The van der Waals surface area contributed by atoms with Crippen molar-refractivity contribution >= 4 is 29.1 Å². The molecule has 0 saturated carbocycles. The second-order valence-electron chi connectivity index (χ2n) is 5.79. The zero-order valence-electron chi connectivity index (χ0n) is 14.5. The molecule has 0 aliphatic carbocycles. The topological polar surface area (TPSA) is 87.3 Å². The normalized spacial score (nSPS) is 10.0. The summed E-state index contributed by atoms with van der Waals surface area (Å²) in [6.07, 6.45) is 0. The van der Waals surface area contributed by atoms with Gasteiger partial charge in [0.05, 0.1) is 0 Å². The Labute approximate surface area is 146 Å². The van der Waals surface area contributed by atoms with Crippen molar-refractivity contribution in [3.8, 4) is 0 Å². The highest BCUT2D eigenvalue weighted by Crippen LogP contribution is 2.23. The van der Waals surface area contributed by atoms with E-state index in [-0.39, 0.29) is 12.5 Å². The van der Waals surface area contributed by atoms with E-state index in [2.05, 4.69) is 16.0 Å². The number of benzene rings is 2. The minimum atomic E-state index is -0.754. The molecule has 0 fully saturated rings. The largest absolute Gasteiger partial charge is 0.344 e. The smallest absolute Gasteiger partial charge is 0.313 e. The standard InChI is InChI=1S/C19H21N3O3/c1-12-6-4-7-15(10-12)11-20-18(24)19(25)22-17-9-5-8-16(13(17)2)21-14(3)23/h4-10H,11H2,1-3H3,(H,20,24)(H,21,23)(H,22,25). The van der Waals surface area contributed by atoms with E-state index in [4.69, 9.17) is 0 Å². The first kappa shape index (κ1) is 18.2. The van der Waals surface area contributed by atoms with Gasteiger partial charge in [0, 0.05) is 24.8 Å². The maximum Gasteiger partial charge on any atom is 0.313 e. The molecule has 2 rings (SSSR count). The SMILES string of the molecule is CC(=O)Nc1cccc(NC(=O)C(=O)NCc2cccc(C)c2)c1C. The maximum atomic E-state index is 12.1. The first-order valence-electron chi connectivity index (χ1n) is 7.88. The second-order valence-corrected chi connectivity index (χ2v) is 5.79. The van der Waals surface area contributed by atoms with Gasteiger partial charge in [0.1, 0.15) is 0 Å². The van der Waals surface area contributed by atoms with E-state index in [1.165, 1.54) is 6.92 Å². The van der Waals surface area contributed by atoms with Gasteiger partial charge in [0.15, 0.2) is 0 Å². The molecule has 0 aromatic heterocycles. The van der Waals surface area contributed by atoms with E-state index in [9.17, 15) is 14.4 Å². The van der Waals surface area contributed by atoms with Crippen molar-refractivity contribution in [1.82, 2.24) is 5.32 Å². The van der Waals surface area contributed by atoms with Crippen LogP contribution in [-0.2, 0) is 20.9 Å². The molecule has 0 saturated heterocycles. The third-order valence-corrected chi connectivity index (χ3v) is 3.63. The van der Waals surface area contributed by atoms with Crippen LogP contribution in [0.4, 0.5) is 11.4 Å². The lowest BCUT2D eigenvalue weighted by molar-refractivity contribution is -0.136. The molecule has 0 heterocycles. The first-order chi connectivity index (χ1) is 11.9. The Morgan fingerprint density at radius 3 is 2.16 bits per heavy atom. The predicted molar refractivity (Wildman–Crippen MR) is 97.1 cm³/mol. The Hall–Kier alpha value is -3.15. The first-order valence-corrected chi connectivity index (χ1v) is 7.88. The van der Waals surface area contributed by atoms with Crippen LogP contribution in [0.1, 0.15) is 23.6 Å². The quantitative estimate of drug-likeness (QED) is 0.748. The molecule has 25 heavy (non-hydrogen) atoms. The average molecular weight is 339 g/mol. The summed E-state index contributed by atoms with van der Waals surface area (Å²) in [6, 6.07) is 12.8. The zero-order chi connectivity index (χ0) is 18.4. The minimum Gasteiger partial charge on any atom is -0.344 e. The molecule has 6 heteroatoms. The van der Waals surface area contributed by atoms with Crippen molar-refractivity contribution in [1.29, 1.82) is 0 Å². The molecule has 3 amide bonds. The third kappa shape index (κ3) is 5.17. The van der Waals surface area contributed by atoms with Gasteiger partial charge in [0.2, 0.25) is 5.91 Å². The van der Waals surface area contributed by atoms with Gasteiger partial charge in [0.25, 0.3) is 0 Å². The second kappa shape index (κ2) is 8.10. The molecule has 0 radical (unpaired) electrons. The summed E-state index contributed by atoms with van der Waals surface area (Å²) in [5, 5.41) is 7.84. The fourth-order valence-corrected chi connectivity index (χ4v) is 2.36. The molecule has 0 atom stereocenters. The van der Waals surface area contributed by atoms with Crippen molar-refractivity contribution in [3.63, 3.8) is 0 Å². The van der Waals surface area contributed by atoms with Gasteiger partial charge in [-0.05, 0) is 37.1 Å². The highest BCUT2D eigenvalue weighted by molar-refractivity contribution is 6.39. The summed E-state index contributed by atoms with van der Waals surface area (Å²) >= 11 is 0. The van der Waals surface area contributed by atoms with Gasteiger partial charge in [-0.1, -0.05) is 35.9 Å². The van der Waals surface area contributed by atoms with Crippen LogP contribution < -0.4 is 16.0 Å². The molecule has 3 N–H and O–H groups in total. The van der Waals surface area contributed by atoms with E-state index < -0.39 is 11.8 Å². The Morgan fingerprint density at radius 1 is 0.880 bits per heavy atom. The van der Waals surface area contributed by atoms with E-state index >= 15 is 0 Å². The molecule has 0 aliphatic rings. The van der Waals surface area contributed by atoms with Crippen LogP contribution in [0.15, 0.2) is 42.5 Å². The summed E-state index contributed by atoms with van der Waals surface area (Å²) in [4.78, 5) is 35.3. The van der Waals surface area contributed by atoms with Crippen molar-refractivity contribution in [2.75, 3.05) is 10.6 Å². The number of carbonyl (C=O) groups excluding carboxylic acids is 3. The van der Waals surface area contributed by atoms with Crippen molar-refractivity contribution in [2.24, 2.45) is 0 Å². The van der Waals surface area contributed by atoms with Gasteiger partial charge in [-0.2, -0.15) is 0 Å². The van der Waals surface area contributed by atoms with E-state index in [1.807, 2.05) is 31.2 Å². The molecule has 6 nitrogen and oxygen atoms in total. The Balaban J connectivity index is 1.99. The lowest BCUT2D eigenvalue weighted by atomic mass is 10.1. The number of nitrogens with one attached hydrogen (secondary N) is 3. The van der Waals surface area contributed by atoms with Crippen LogP contribution in [-0.4, -0.2) is 17.7 Å². The van der Waals surface area contributed by atoms with E-state index in [0.717, 1.165) is 11.1 Å². The van der Waals surface area contributed by atoms with Crippen molar-refractivity contribution < 1.29 is 14.4 Å². The van der Waals surface area contributed by atoms with Gasteiger partial charge in [-0.3, -0.25) is 14.4 Å². The van der Waals surface area contributed by atoms with Gasteiger partial charge >= 0.3 is 11.8 Å². The van der Waals surface area contributed by atoms with Crippen LogP contribution in [0.25, 0.3) is 0 Å². The highest BCUT2D eigenvalue weighted by atomic mass is 16.2. The van der Waals surface area contributed by atoms with Crippen molar-refractivity contribution in [2.45, 2.75) is 27.3 Å². The number of anilines is 2. The van der Waals surface area contributed by atoms with Gasteiger partial charge in [-0.25, -0.2) is 0 Å². The Morgan fingerprint density at radius 2 is 1.52 bits per heavy atom. The summed E-state index contributed by atoms with van der Waals surface area (Å²) in [5.41, 5.74) is 3.75. The van der Waals surface area contributed by atoms with Crippen LogP contribution in [0.5, 0.6) is 0 Å². The number of amides is 3. The highest BCUT2D eigenvalue weighted by Gasteiger charge is 2.15. The van der Waals surface area contributed by atoms with Crippen LogP contribution >= 0.6 is 0 Å². The number of carbonyl (C=O) groups is 3. The van der Waals surface area contributed by atoms with Crippen LogP contribution in [0.2, 0.25) is 0 Å². The average Bonchev–Trinajstić information content (AvgIpc) is 2.56. The predicted octanol–water partition coefficient (Wildman–Crippen LogP) is 2.52. The number of hydrogen-bond acceptors (Lipinski definition) is 3. The Bertz CT molecular complexity index is 815. The fourth-order valence-electron chi connectivity index (χ4n) is 2.36. The van der Waals surface area contributed by atoms with Gasteiger partial charge in [-0.15, -0.1) is 0 Å². The van der Waals surface area contributed by atoms with Crippen LogP contribution in [0, 0.1) is 13.8 Å². The van der Waals surface area contributed by atoms with Crippen LogP contribution in [0.3, 0.4) is 0 Å². The summed E-state index contributed by atoms with van der Waals surface area (Å²) in [5.74, 6) is -1.68. The van der Waals surface area contributed by atoms with E-state index in [0.29, 0.717) is 16.9 Å². The Kier molecular flexibility index (Phi) is 5.89. The lowest BCUT2D eigenvalue weighted by Gasteiger charge is -2.12. The monoisotopic (exact) mass is 339 g/mol. The maximum absolute atomic E-state index is 12.1. The molecule has 0 aliphatic heterocycles. The van der Waals surface area contributed by atoms with E-state index in [1.54, 1.807) is 25.1 Å². The molecule has 2 aromatic rings. The van der Waals surface area contributed by atoms with Gasteiger partial charge < -0.3 is 16.0 Å².